The van der Waals surface area contributed by atoms with Gasteiger partial charge in [-0.1, -0.05) is 12.1 Å². The van der Waals surface area contributed by atoms with Crippen molar-refractivity contribution >= 4 is 29.5 Å². The lowest BCUT2D eigenvalue weighted by Gasteiger charge is -2.31. The third kappa shape index (κ3) is 4.07. The zero-order valence-corrected chi connectivity index (χ0v) is 15.1. The fraction of sp³-hybridized carbons (Fsp3) is 0.421. The van der Waals surface area contributed by atoms with Crippen LogP contribution >= 0.6 is 0 Å². The zero-order valence-electron chi connectivity index (χ0n) is 15.1. The summed E-state index contributed by atoms with van der Waals surface area (Å²) in [6, 6.07) is 7.46. The van der Waals surface area contributed by atoms with Gasteiger partial charge in [-0.15, -0.1) is 0 Å². The SMILES string of the molecule is COC(=O)C(C)(C)N(C)C(=O)/C=C/c1ccc(N2CCCC2=O)cc1. The molecule has 6 heteroatoms. The van der Waals surface area contributed by atoms with Gasteiger partial charge in [0.05, 0.1) is 7.11 Å². The maximum atomic E-state index is 12.3. The van der Waals surface area contributed by atoms with Crippen molar-refractivity contribution in [3.05, 3.63) is 35.9 Å². The third-order valence-electron chi connectivity index (χ3n) is 4.55. The summed E-state index contributed by atoms with van der Waals surface area (Å²) >= 11 is 0. The van der Waals surface area contributed by atoms with Gasteiger partial charge in [0.25, 0.3) is 0 Å². The van der Waals surface area contributed by atoms with E-state index in [4.69, 9.17) is 4.74 Å². The number of methoxy groups -OCH3 is 1. The van der Waals surface area contributed by atoms with Crippen LogP contribution in [0, 0.1) is 0 Å². The molecule has 0 aromatic heterocycles. The maximum absolute atomic E-state index is 12.3. The lowest BCUT2D eigenvalue weighted by molar-refractivity contribution is -0.156. The van der Waals surface area contributed by atoms with Gasteiger partial charge in [-0.2, -0.15) is 0 Å². The molecular formula is C19H24N2O4. The Morgan fingerprint density at radius 1 is 1.24 bits per heavy atom. The Morgan fingerprint density at radius 2 is 1.88 bits per heavy atom. The van der Waals surface area contributed by atoms with Crippen LogP contribution in [0.3, 0.4) is 0 Å². The normalized spacial score (nSPS) is 14.9. The summed E-state index contributed by atoms with van der Waals surface area (Å²) in [7, 11) is 2.86. The molecule has 0 atom stereocenters. The van der Waals surface area contributed by atoms with Gasteiger partial charge in [0.1, 0.15) is 5.54 Å². The number of hydrogen-bond acceptors (Lipinski definition) is 4. The zero-order chi connectivity index (χ0) is 18.6. The van der Waals surface area contributed by atoms with Crippen LogP contribution in [0.15, 0.2) is 30.3 Å². The van der Waals surface area contributed by atoms with Gasteiger partial charge in [0.2, 0.25) is 11.8 Å². The second kappa shape index (κ2) is 7.51. The van der Waals surface area contributed by atoms with E-state index in [1.54, 1.807) is 31.9 Å². The quantitative estimate of drug-likeness (QED) is 0.607. The predicted molar refractivity (Wildman–Crippen MR) is 95.9 cm³/mol. The van der Waals surface area contributed by atoms with Crippen molar-refractivity contribution in [2.45, 2.75) is 32.2 Å². The van der Waals surface area contributed by atoms with E-state index in [0.29, 0.717) is 6.42 Å². The number of carbonyl (C=O) groups is 3. The highest BCUT2D eigenvalue weighted by Gasteiger charge is 2.35. The summed E-state index contributed by atoms with van der Waals surface area (Å²) in [6.07, 6.45) is 4.58. The first-order valence-electron chi connectivity index (χ1n) is 8.22. The number of hydrogen-bond donors (Lipinski definition) is 0. The van der Waals surface area contributed by atoms with Gasteiger partial charge in [0.15, 0.2) is 0 Å². The van der Waals surface area contributed by atoms with Gasteiger partial charge in [0, 0.05) is 31.8 Å². The summed E-state index contributed by atoms with van der Waals surface area (Å²) < 4.78 is 4.73. The number of ether oxygens (including phenoxy) is 1. The van der Waals surface area contributed by atoms with Gasteiger partial charge in [-0.3, -0.25) is 9.59 Å². The molecule has 25 heavy (non-hydrogen) atoms. The standard InChI is InChI=1S/C19H24N2O4/c1-19(2,18(24)25-4)20(3)16(22)12-9-14-7-10-15(11-8-14)21-13-5-6-17(21)23/h7-12H,5-6,13H2,1-4H3/b12-9+. The van der Waals surface area contributed by atoms with Gasteiger partial charge in [-0.25, -0.2) is 4.79 Å². The predicted octanol–water partition coefficient (Wildman–Crippen LogP) is 2.24. The molecule has 0 unspecified atom stereocenters. The monoisotopic (exact) mass is 344 g/mol. The van der Waals surface area contributed by atoms with E-state index in [-0.39, 0.29) is 11.8 Å². The molecule has 1 aromatic carbocycles. The van der Waals surface area contributed by atoms with Crippen LogP contribution in [0.2, 0.25) is 0 Å². The minimum absolute atomic E-state index is 0.144. The minimum Gasteiger partial charge on any atom is -0.467 e. The Kier molecular flexibility index (Phi) is 5.62. The van der Waals surface area contributed by atoms with Crippen molar-refractivity contribution in [1.82, 2.24) is 4.90 Å². The molecule has 1 heterocycles. The Hall–Kier alpha value is -2.63. The van der Waals surface area contributed by atoms with Crippen LogP contribution < -0.4 is 4.90 Å². The van der Waals surface area contributed by atoms with Gasteiger partial charge in [-0.05, 0) is 44.0 Å². The molecule has 0 radical (unpaired) electrons. The van der Waals surface area contributed by atoms with Gasteiger partial charge < -0.3 is 14.5 Å². The number of likely N-dealkylation sites (N-methyl/N-ethyl adjacent to an activating group) is 1. The first-order valence-corrected chi connectivity index (χ1v) is 8.22. The Labute approximate surface area is 148 Å². The number of benzene rings is 1. The molecule has 0 bridgehead atoms. The van der Waals surface area contributed by atoms with Crippen LogP contribution in [0.5, 0.6) is 0 Å². The van der Waals surface area contributed by atoms with E-state index >= 15 is 0 Å². The highest BCUT2D eigenvalue weighted by Crippen LogP contribution is 2.22. The van der Waals surface area contributed by atoms with E-state index in [0.717, 1.165) is 24.2 Å². The molecule has 1 aliphatic rings. The van der Waals surface area contributed by atoms with E-state index < -0.39 is 11.5 Å². The van der Waals surface area contributed by atoms with E-state index in [2.05, 4.69) is 0 Å². The van der Waals surface area contributed by atoms with E-state index in [1.807, 2.05) is 24.3 Å². The van der Waals surface area contributed by atoms with E-state index in [9.17, 15) is 14.4 Å². The number of nitrogens with zero attached hydrogens (tertiary/aromatic N) is 2. The number of esters is 1. The van der Waals surface area contributed by atoms with Crippen molar-refractivity contribution in [2.75, 3.05) is 25.6 Å². The van der Waals surface area contributed by atoms with Crippen molar-refractivity contribution in [1.29, 1.82) is 0 Å². The number of amides is 2. The van der Waals surface area contributed by atoms with Crippen LogP contribution in [-0.4, -0.2) is 48.9 Å². The molecular weight excluding hydrogens is 320 g/mol. The summed E-state index contributed by atoms with van der Waals surface area (Å²) in [5.74, 6) is -0.629. The highest BCUT2D eigenvalue weighted by molar-refractivity contribution is 5.96. The first-order chi connectivity index (χ1) is 11.8. The topological polar surface area (TPSA) is 66.9 Å². The fourth-order valence-corrected chi connectivity index (χ4v) is 2.63. The largest absolute Gasteiger partial charge is 0.467 e. The summed E-state index contributed by atoms with van der Waals surface area (Å²) in [4.78, 5) is 38.9. The summed E-state index contributed by atoms with van der Waals surface area (Å²) in [5.41, 5.74) is 0.666. The molecule has 2 rings (SSSR count). The molecule has 0 spiro atoms. The minimum atomic E-state index is -1.05. The van der Waals surface area contributed by atoms with E-state index in [1.165, 1.54) is 18.1 Å². The molecule has 1 saturated heterocycles. The molecule has 134 valence electrons. The number of anilines is 1. The second-order valence-corrected chi connectivity index (χ2v) is 6.52. The Bertz CT molecular complexity index is 692. The molecule has 0 saturated carbocycles. The maximum Gasteiger partial charge on any atom is 0.331 e. The molecule has 1 aliphatic heterocycles. The van der Waals surface area contributed by atoms with Crippen LogP contribution in [0.4, 0.5) is 5.69 Å². The Balaban J connectivity index is 2.05. The van der Waals surface area contributed by atoms with Crippen LogP contribution in [0.25, 0.3) is 6.08 Å². The lowest BCUT2D eigenvalue weighted by atomic mass is 10.0. The average molecular weight is 344 g/mol. The smallest absolute Gasteiger partial charge is 0.331 e. The van der Waals surface area contributed by atoms with Crippen molar-refractivity contribution in [2.24, 2.45) is 0 Å². The first kappa shape index (κ1) is 18.7. The molecule has 1 aromatic rings. The molecule has 6 nitrogen and oxygen atoms in total. The molecule has 0 aliphatic carbocycles. The highest BCUT2D eigenvalue weighted by atomic mass is 16.5. The number of carbonyl (C=O) groups excluding carboxylic acids is 3. The molecule has 1 fully saturated rings. The summed E-state index contributed by atoms with van der Waals surface area (Å²) in [5, 5.41) is 0. The van der Waals surface area contributed by atoms with Gasteiger partial charge >= 0.3 is 5.97 Å². The molecule has 2 amide bonds. The second-order valence-electron chi connectivity index (χ2n) is 6.52. The summed E-state index contributed by atoms with van der Waals surface area (Å²) in [6.45, 7) is 4.01. The van der Waals surface area contributed by atoms with Crippen LogP contribution in [0.1, 0.15) is 32.3 Å². The van der Waals surface area contributed by atoms with Crippen molar-refractivity contribution < 1.29 is 19.1 Å². The average Bonchev–Trinajstić information content (AvgIpc) is 3.04. The fourth-order valence-electron chi connectivity index (χ4n) is 2.63. The van der Waals surface area contributed by atoms with Crippen molar-refractivity contribution in [3.8, 4) is 0 Å². The lowest BCUT2D eigenvalue weighted by Crippen LogP contribution is -2.50. The number of rotatable bonds is 5. The van der Waals surface area contributed by atoms with Crippen LogP contribution in [-0.2, 0) is 19.1 Å². The van der Waals surface area contributed by atoms with Crippen molar-refractivity contribution in [3.63, 3.8) is 0 Å². The molecule has 0 N–H and O–H groups in total. The third-order valence-corrected chi connectivity index (χ3v) is 4.55. The Morgan fingerprint density at radius 3 is 2.40 bits per heavy atom.